The first kappa shape index (κ1) is 29.6. The largest absolute Gasteiger partial charge is 0.490 e. The fourth-order valence-corrected chi connectivity index (χ4v) is 6.05. The molecule has 6 N–H and O–H groups in total. The van der Waals surface area contributed by atoms with Gasteiger partial charge in [-0.05, 0) is 6.92 Å². The molecule has 1 saturated heterocycles. The number of H-pyrrole nitrogens is 1. The van der Waals surface area contributed by atoms with Crippen LogP contribution in [0.4, 0.5) is 13.2 Å². The van der Waals surface area contributed by atoms with Crippen molar-refractivity contribution in [2.24, 2.45) is 0 Å². The molecular weight excluding hydrogens is 558 g/mol. The van der Waals surface area contributed by atoms with E-state index in [4.69, 9.17) is 14.5 Å². The van der Waals surface area contributed by atoms with Crippen molar-refractivity contribution in [2.75, 3.05) is 6.67 Å². The number of ether oxygens (including phenoxy) is 1. The summed E-state index contributed by atoms with van der Waals surface area (Å²) >= 11 is 0. The Morgan fingerprint density at radius 3 is 2.37 bits per heavy atom. The highest BCUT2D eigenvalue weighted by Gasteiger charge is 2.60. The summed E-state index contributed by atoms with van der Waals surface area (Å²) < 4.78 is 92.7. The van der Waals surface area contributed by atoms with E-state index >= 15 is 4.39 Å². The highest BCUT2D eigenvalue weighted by atomic mass is 31.3. The number of phosphoric acid groups is 3. The Morgan fingerprint density at radius 2 is 1.83 bits per heavy atom. The molecule has 1 fully saturated rings. The Labute approximate surface area is 191 Å². The standard InChI is InChI=1S/C13H16F3N2O14P3/c1-6(30-34(25,26)32-35(27,28)31-33(22,23)24)8-9(19)13(16,3-2-4-14)11(29-8)18-5-7(15)10(20)17-12(18)21/h5-6,8-9,11,19H,4H2,1H3,(H,25,26)(H,27,28)(H,17,20,21)(H2,22,23,24)/t6-,8-,9+,11-,13?/m1/s1. The Hall–Kier alpha value is -1.64. The van der Waals surface area contributed by atoms with E-state index in [9.17, 15) is 47.0 Å². The lowest BCUT2D eigenvalue weighted by Crippen LogP contribution is -2.46. The minimum atomic E-state index is -5.92. The third kappa shape index (κ3) is 7.20. The molecule has 0 amide bonds. The molecule has 1 aromatic rings. The molecule has 0 radical (unpaired) electrons. The van der Waals surface area contributed by atoms with E-state index in [2.05, 4.69) is 13.1 Å². The Morgan fingerprint density at radius 1 is 1.23 bits per heavy atom. The number of alkyl halides is 2. The minimum Gasteiger partial charge on any atom is -0.386 e. The van der Waals surface area contributed by atoms with E-state index in [-0.39, 0.29) is 10.8 Å². The van der Waals surface area contributed by atoms with Gasteiger partial charge in [0.25, 0.3) is 5.56 Å². The molecule has 7 atom stereocenters. The number of nitrogens with one attached hydrogen (secondary N) is 1. The van der Waals surface area contributed by atoms with Crippen LogP contribution in [0.2, 0.25) is 0 Å². The van der Waals surface area contributed by atoms with Crippen molar-refractivity contribution in [3.63, 3.8) is 0 Å². The van der Waals surface area contributed by atoms with Crippen LogP contribution in [0.25, 0.3) is 0 Å². The molecule has 0 bridgehead atoms. The van der Waals surface area contributed by atoms with E-state index in [1.54, 1.807) is 11.8 Å². The molecule has 0 spiro atoms. The number of phosphoric ester groups is 1. The zero-order chi connectivity index (χ0) is 27.0. The number of aliphatic hydroxyl groups is 1. The molecule has 16 nitrogen and oxygen atoms in total. The maximum atomic E-state index is 15.7. The first-order valence-corrected chi connectivity index (χ1v) is 13.3. The molecule has 198 valence electrons. The van der Waals surface area contributed by atoms with Crippen molar-refractivity contribution >= 4 is 23.5 Å². The van der Waals surface area contributed by atoms with E-state index in [1.807, 2.05) is 0 Å². The molecule has 1 aliphatic rings. The summed E-state index contributed by atoms with van der Waals surface area (Å²) in [6.07, 6.45) is -8.86. The number of hydrogen-bond acceptors (Lipinski definition) is 10. The molecule has 22 heteroatoms. The van der Waals surface area contributed by atoms with Gasteiger partial charge in [0.1, 0.15) is 18.9 Å². The van der Waals surface area contributed by atoms with Gasteiger partial charge in [0.2, 0.25) is 11.5 Å². The van der Waals surface area contributed by atoms with Gasteiger partial charge >= 0.3 is 29.2 Å². The fourth-order valence-electron chi connectivity index (χ4n) is 2.85. The first-order chi connectivity index (χ1) is 15.8. The van der Waals surface area contributed by atoms with Crippen molar-refractivity contribution in [3.8, 4) is 11.8 Å². The van der Waals surface area contributed by atoms with E-state index in [0.29, 0.717) is 0 Å². The molecule has 2 heterocycles. The topological polar surface area (TPSA) is 244 Å². The van der Waals surface area contributed by atoms with Crippen LogP contribution in [0.1, 0.15) is 13.2 Å². The predicted molar refractivity (Wildman–Crippen MR) is 103 cm³/mol. The number of aromatic nitrogens is 2. The van der Waals surface area contributed by atoms with E-state index in [1.165, 1.54) is 4.98 Å². The Balaban J connectivity index is 2.39. The number of rotatable bonds is 8. The summed E-state index contributed by atoms with van der Waals surface area (Å²) in [7, 11) is -17.4. The second-order valence-corrected chi connectivity index (χ2v) is 11.0. The average molecular weight is 574 g/mol. The Kier molecular flexibility index (Phi) is 8.78. The lowest BCUT2D eigenvalue weighted by molar-refractivity contribution is -0.0783. The molecule has 1 aromatic heterocycles. The molecule has 1 aliphatic heterocycles. The third-order valence-corrected chi connectivity index (χ3v) is 8.02. The Bertz CT molecular complexity index is 1290. The van der Waals surface area contributed by atoms with Crippen molar-refractivity contribution in [2.45, 2.75) is 37.1 Å². The lowest BCUT2D eigenvalue weighted by atomic mass is 9.94. The monoisotopic (exact) mass is 574 g/mol. The van der Waals surface area contributed by atoms with Crippen LogP contribution in [0.15, 0.2) is 15.8 Å². The summed E-state index contributed by atoms with van der Waals surface area (Å²) in [5, 5.41) is 10.4. The quantitative estimate of drug-likeness (QED) is 0.167. The predicted octanol–water partition coefficient (Wildman–Crippen LogP) is -0.653. The first-order valence-electron chi connectivity index (χ1n) is 8.73. The smallest absolute Gasteiger partial charge is 0.386 e. The van der Waals surface area contributed by atoms with E-state index in [0.717, 1.165) is 6.92 Å². The van der Waals surface area contributed by atoms with Gasteiger partial charge in [-0.1, -0.05) is 11.8 Å². The molecule has 2 rings (SSSR count). The second-order valence-electron chi connectivity index (χ2n) is 6.65. The summed E-state index contributed by atoms with van der Waals surface area (Å²) in [4.78, 5) is 60.6. The number of aliphatic hydroxyl groups excluding tert-OH is 1. The van der Waals surface area contributed by atoms with Gasteiger partial charge in [0.05, 0.1) is 12.3 Å². The maximum Gasteiger partial charge on any atom is 0.490 e. The lowest BCUT2D eigenvalue weighted by Gasteiger charge is -2.25. The number of nitrogens with zero attached hydrogens (tertiary/aromatic N) is 1. The van der Waals surface area contributed by atoms with Gasteiger partial charge in [-0.2, -0.15) is 13.0 Å². The molecule has 0 aliphatic carbocycles. The normalized spacial score (nSPS) is 29.0. The van der Waals surface area contributed by atoms with Crippen LogP contribution in [0.5, 0.6) is 0 Å². The van der Waals surface area contributed by atoms with Gasteiger partial charge in [-0.3, -0.25) is 18.9 Å². The number of aromatic amines is 1. The average Bonchev–Trinajstić information content (AvgIpc) is 2.91. The molecule has 3 unspecified atom stereocenters. The van der Waals surface area contributed by atoms with Crippen LogP contribution in [-0.4, -0.2) is 64.9 Å². The molecule has 0 saturated carbocycles. The van der Waals surface area contributed by atoms with Crippen molar-refractivity contribution in [1.29, 1.82) is 0 Å². The van der Waals surface area contributed by atoms with Crippen molar-refractivity contribution in [1.82, 2.24) is 9.55 Å². The zero-order valence-electron chi connectivity index (χ0n) is 16.9. The van der Waals surface area contributed by atoms with Gasteiger partial charge in [-0.25, -0.2) is 27.3 Å². The van der Waals surface area contributed by atoms with Crippen LogP contribution < -0.4 is 11.2 Å². The van der Waals surface area contributed by atoms with E-state index < -0.39 is 77.4 Å². The highest BCUT2D eigenvalue weighted by Crippen LogP contribution is 2.66. The van der Waals surface area contributed by atoms with Crippen LogP contribution in [0.3, 0.4) is 0 Å². The van der Waals surface area contributed by atoms with Gasteiger partial charge in [-0.15, -0.1) is 0 Å². The molecular formula is C13H16F3N2O14P3. The highest BCUT2D eigenvalue weighted by molar-refractivity contribution is 7.66. The van der Waals surface area contributed by atoms with Gasteiger partial charge < -0.3 is 29.4 Å². The fraction of sp³-hybridized carbons (Fsp3) is 0.538. The minimum absolute atomic E-state index is 0.102. The summed E-state index contributed by atoms with van der Waals surface area (Å²) in [6.45, 7) is -0.657. The van der Waals surface area contributed by atoms with Crippen molar-refractivity contribution in [3.05, 3.63) is 32.9 Å². The zero-order valence-corrected chi connectivity index (χ0v) is 19.6. The maximum absolute atomic E-state index is 15.7. The van der Waals surface area contributed by atoms with Crippen molar-refractivity contribution < 1.29 is 69.4 Å². The van der Waals surface area contributed by atoms with Crippen LogP contribution >= 0.6 is 23.5 Å². The molecule has 35 heavy (non-hydrogen) atoms. The number of halogens is 3. The SMILES string of the molecule is C[C@@H](OP(=O)(O)OP(=O)(O)OP(=O)(O)O)[C@H]1O[C@@H](n2cc(F)c(=O)[nH]c2=O)C(F)(C#CCF)[C@H]1O. The summed E-state index contributed by atoms with van der Waals surface area (Å²) in [5.74, 6) is 1.65. The number of hydrogen-bond donors (Lipinski definition) is 6. The third-order valence-electron chi connectivity index (χ3n) is 4.09. The van der Waals surface area contributed by atoms with Gasteiger partial charge in [0.15, 0.2) is 6.23 Å². The van der Waals surface area contributed by atoms with Crippen LogP contribution in [0, 0.1) is 17.7 Å². The van der Waals surface area contributed by atoms with Gasteiger partial charge in [0, 0.05) is 0 Å². The molecule has 0 aromatic carbocycles. The summed E-state index contributed by atoms with van der Waals surface area (Å²) in [5.41, 5.74) is -6.38. The summed E-state index contributed by atoms with van der Waals surface area (Å²) in [6, 6.07) is 0. The second kappa shape index (κ2) is 10.4. The van der Waals surface area contributed by atoms with Crippen LogP contribution in [-0.2, 0) is 31.6 Å².